The van der Waals surface area contributed by atoms with E-state index in [0.717, 1.165) is 93.3 Å². The highest BCUT2D eigenvalue weighted by atomic mass is 19.4. The van der Waals surface area contributed by atoms with Crippen molar-refractivity contribution >= 4 is 87.2 Å². The zero-order valence-corrected chi connectivity index (χ0v) is 31.4. The van der Waals surface area contributed by atoms with Crippen molar-refractivity contribution < 1.29 is 13.2 Å². The third kappa shape index (κ3) is 4.57. The number of aromatic amines is 2. The second-order valence-electron chi connectivity index (χ2n) is 15.2. The van der Waals surface area contributed by atoms with E-state index in [1.807, 2.05) is 100 Å². The van der Waals surface area contributed by atoms with Crippen LogP contribution in [0.5, 0.6) is 0 Å². The molecule has 0 aliphatic rings. The van der Waals surface area contributed by atoms with Crippen LogP contribution in [0.2, 0.25) is 0 Å². The summed E-state index contributed by atoms with van der Waals surface area (Å²) in [4.78, 5) is 7.30. The Morgan fingerprint density at radius 2 is 0.933 bits per heavy atom. The van der Waals surface area contributed by atoms with Gasteiger partial charge in [0.15, 0.2) is 0 Å². The van der Waals surface area contributed by atoms with Gasteiger partial charge in [0.2, 0.25) is 0 Å². The minimum atomic E-state index is -4.79. The van der Waals surface area contributed by atoms with Gasteiger partial charge in [0.1, 0.15) is 11.6 Å². The first kappa shape index (κ1) is 33.8. The zero-order chi connectivity index (χ0) is 40.4. The first-order valence-electron chi connectivity index (χ1n) is 19.4. The molecule has 0 bridgehead atoms. The highest BCUT2D eigenvalue weighted by Gasteiger charge is 2.35. The third-order valence-corrected chi connectivity index (χ3v) is 12.1. The van der Waals surface area contributed by atoms with Crippen molar-refractivity contribution in [3.05, 3.63) is 168 Å². The van der Waals surface area contributed by atoms with E-state index < -0.39 is 11.7 Å². The van der Waals surface area contributed by atoms with E-state index in [0.29, 0.717) is 11.4 Å². The van der Waals surface area contributed by atoms with Gasteiger partial charge in [-0.3, -0.25) is 0 Å². The lowest BCUT2D eigenvalue weighted by Crippen LogP contribution is -2.09. The Balaban J connectivity index is 1.31. The van der Waals surface area contributed by atoms with Gasteiger partial charge >= 0.3 is 6.18 Å². The van der Waals surface area contributed by atoms with Crippen LogP contribution in [0.25, 0.3) is 110 Å². The summed E-state index contributed by atoms with van der Waals surface area (Å²) < 4.78 is 49.5. The molecule has 0 radical (unpaired) electrons. The van der Waals surface area contributed by atoms with Gasteiger partial charge in [0, 0.05) is 54.1 Å². The predicted molar refractivity (Wildman–Crippen MR) is 234 cm³/mol. The molecule has 60 heavy (non-hydrogen) atoms. The van der Waals surface area contributed by atoms with Crippen molar-refractivity contribution in [2.24, 2.45) is 0 Å². The SMILES string of the molecule is N#Cc1ccc(-c2cc(-n3c4ccccc4c4ccc5c6ccccc6[nH]c5c43)c(C#N)c(-n3c4ccccc4c4ccc5c6ccccc6[nH]c5c43)c2)c(C(F)(F)F)c1. The lowest BCUT2D eigenvalue weighted by atomic mass is 9.94. The summed E-state index contributed by atoms with van der Waals surface area (Å²) in [7, 11) is 0. The Morgan fingerprint density at radius 3 is 1.42 bits per heavy atom. The number of para-hydroxylation sites is 4. The number of nitrogens with one attached hydrogen (secondary N) is 2. The molecular weight excluding hydrogens is 754 g/mol. The summed E-state index contributed by atoms with van der Waals surface area (Å²) in [5.41, 5.74) is 6.89. The molecule has 0 amide bonds. The average Bonchev–Trinajstić information content (AvgIpc) is 4.03. The van der Waals surface area contributed by atoms with Crippen LogP contribution in [-0.2, 0) is 6.18 Å². The van der Waals surface area contributed by atoms with Crippen LogP contribution in [0.3, 0.4) is 0 Å². The van der Waals surface area contributed by atoms with E-state index in [9.17, 15) is 10.5 Å². The molecule has 12 aromatic rings. The molecule has 0 unspecified atom stereocenters. The minimum Gasteiger partial charge on any atom is -0.353 e. The highest BCUT2D eigenvalue weighted by Crippen LogP contribution is 2.46. The van der Waals surface area contributed by atoms with Gasteiger partial charge in [-0.15, -0.1) is 0 Å². The number of rotatable bonds is 3. The Kier molecular flexibility index (Phi) is 6.84. The van der Waals surface area contributed by atoms with Crippen LogP contribution < -0.4 is 0 Å². The fourth-order valence-corrected chi connectivity index (χ4v) is 9.58. The van der Waals surface area contributed by atoms with Gasteiger partial charge < -0.3 is 19.1 Å². The smallest absolute Gasteiger partial charge is 0.353 e. The number of nitriles is 2. The Labute approximate surface area is 338 Å². The normalized spacial score (nSPS) is 12.2. The Hall–Kier alpha value is -8.27. The fourth-order valence-electron chi connectivity index (χ4n) is 9.58. The maximum absolute atomic E-state index is 15.1. The second kappa shape index (κ2) is 12.1. The summed E-state index contributed by atoms with van der Waals surface area (Å²) in [6.07, 6.45) is -4.79. The van der Waals surface area contributed by atoms with Gasteiger partial charge in [0.05, 0.1) is 61.7 Å². The largest absolute Gasteiger partial charge is 0.417 e. The third-order valence-electron chi connectivity index (χ3n) is 12.1. The summed E-state index contributed by atoms with van der Waals surface area (Å²) in [5.74, 6) is 0. The van der Waals surface area contributed by atoms with E-state index in [-0.39, 0.29) is 22.3 Å². The van der Waals surface area contributed by atoms with Crippen LogP contribution in [0.15, 0.2) is 152 Å². The van der Waals surface area contributed by atoms with Gasteiger partial charge in [0.25, 0.3) is 0 Å². The Bertz CT molecular complexity index is 3710. The molecule has 9 heteroatoms. The molecule has 0 aliphatic carbocycles. The molecule has 6 nitrogen and oxygen atoms in total. The molecule has 0 fully saturated rings. The van der Waals surface area contributed by atoms with Gasteiger partial charge in [-0.2, -0.15) is 23.7 Å². The lowest BCUT2D eigenvalue weighted by Gasteiger charge is -2.20. The van der Waals surface area contributed by atoms with Crippen molar-refractivity contribution in [3.8, 4) is 34.6 Å². The second-order valence-corrected chi connectivity index (χ2v) is 15.2. The summed E-state index contributed by atoms with van der Waals surface area (Å²) in [6, 6.07) is 51.7. The van der Waals surface area contributed by atoms with E-state index in [1.165, 1.54) is 12.1 Å². The number of benzene rings is 8. The first-order valence-corrected chi connectivity index (χ1v) is 19.4. The van der Waals surface area contributed by atoms with Crippen LogP contribution in [0, 0.1) is 22.7 Å². The summed E-state index contributed by atoms with van der Waals surface area (Å²) in [5, 5.41) is 29.0. The number of aromatic nitrogens is 4. The standard InChI is InChI=1S/C51H27F3N6/c52-51(53,54)40-23-28(26-55)17-18-30(40)29-24-45(59-43-15-7-3-11-33(43)37-21-19-35-31-9-1-5-13-41(31)57-47(35)49(37)59)39(27-56)46(25-29)60-44-16-8-4-12-34(44)38-22-20-36-32-10-2-6-14-42(32)58-48(36)50(38)60/h1-25,57-58H. The minimum absolute atomic E-state index is 0.104. The molecule has 2 N–H and O–H groups in total. The van der Waals surface area contributed by atoms with Crippen LogP contribution in [-0.4, -0.2) is 19.1 Å². The summed E-state index contributed by atoms with van der Waals surface area (Å²) >= 11 is 0. The van der Waals surface area contributed by atoms with Gasteiger partial charge in [-0.05, 0) is 59.7 Å². The topological polar surface area (TPSA) is 89.0 Å². The number of halogens is 3. The maximum atomic E-state index is 15.1. The molecule has 0 saturated heterocycles. The van der Waals surface area contributed by atoms with Crippen molar-refractivity contribution in [2.45, 2.75) is 6.18 Å². The molecule has 0 saturated carbocycles. The Morgan fingerprint density at radius 1 is 0.467 bits per heavy atom. The number of H-pyrrole nitrogens is 2. The molecule has 0 spiro atoms. The molecule has 0 atom stereocenters. The zero-order valence-electron chi connectivity index (χ0n) is 31.4. The lowest BCUT2D eigenvalue weighted by molar-refractivity contribution is -0.137. The number of nitrogens with zero attached hydrogens (tertiary/aromatic N) is 4. The average molecular weight is 781 g/mol. The fraction of sp³-hybridized carbons (Fsp3) is 0.0196. The predicted octanol–water partition coefficient (Wildman–Crippen LogP) is 13.6. The number of fused-ring (bicyclic) bond motifs is 14. The molecule has 12 rings (SSSR count). The van der Waals surface area contributed by atoms with E-state index in [1.54, 1.807) is 12.1 Å². The molecule has 4 heterocycles. The van der Waals surface area contributed by atoms with Gasteiger partial charge in [-0.1, -0.05) is 103 Å². The number of alkyl halides is 3. The van der Waals surface area contributed by atoms with E-state index >= 15 is 13.2 Å². The molecule has 8 aromatic carbocycles. The molecule has 0 aliphatic heterocycles. The molecular formula is C51H27F3N6. The van der Waals surface area contributed by atoms with E-state index in [4.69, 9.17) is 0 Å². The van der Waals surface area contributed by atoms with Crippen molar-refractivity contribution in [3.63, 3.8) is 0 Å². The van der Waals surface area contributed by atoms with E-state index in [2.05, 4.69) is 52.4 Å². The van der Waals surface area contributed by atoms with Gasteiger partial charge in [-0.25, -0.2) is 0 Å². The van der Waals surface area contributed by atoms with Crippen molar-refractivity contribution in [2.75, 3.05) is 0 Å². The quantitative estimate of drug-likeness (QED) is 0.187. The van der Waals surface area contributed by atoms with Crippen molar-refractivity contribution in [1.29, 1.82) is 10.5 Å². The van der Waals surface area contributed by atoms with Crippen molar-refractivity contribution in [1.82, 2.24) is 19.1 Å². The maximum Gasteiger partial charge on any atom is 0.417 e. The number of hydrogen-bond donors (Lipinski definition) is 2. The molecule has 282 valence electrons. The first-order chi connectivity index (χ1) is 29.3. The van der Waals surface area contributed by atoms with Crippen LogP contribution >= 0.6 is 0 Å². The number of hydrogen-bond acceptors (Lipinski definition) is 2. The van der Waals surface area contributed by atoms with Crippen LogP contribution in [0.4, 0.5) is 13.2 Å². The highest BCUT2D eigenvalue weighted by molar-refractivity contribution is 6.24. The molecule has 4 aromatic heterocycles. The summed E-state index contributed by atoms with van der Waals surface area (Å²) in [6.45, 7) is 0. The van der Waals surface area contributed by atoms with Crippen LogP contribution in [0.1, 0.15) is 16.7 Å². The monoisotopic (exact) mass is 780 g/mol.